The summed E-state index contributed by atoms with van der Waals surface area (Å²) in [7, 11) is 0. The number of nitro benzene ring substituents is 1. The number of nitrogens with zero attached hydrogens (tertiary/aromatic N) is 2. The first-order chi connectivity index (χ1) is 10.5. The first-order valence-corrected chi connectivity index (χ1v) is 6.96. The van der Waals surface area contributed by atoms with Crippen molar-refractivity contribution in [1.29, 1.82) is 0 Å². The largest absolute Gasteiger partial charge is 0.454 e. The number of ether oxygens (including phenoxy) is 1. The molecule has 0 aliphatic heterocycles. The molecule has 0 aliphatic carbocycles. The monoisotopic (exact) mass is 334 g/mol. The highest BCUT2D eigenvalue weighted by Gasteiger charge is 2.16. The fraction of sp³-hybridized carbons (Fsp3) is 0. The van der Waals surface area contributed by atoms with Crippen LogP contribution in [0.25, 0.3) is 10.9 Å². The van der Waals surface area contributed by atoms with Crippen molar-refractivity contribution in [3.05, 3.63) is 68.8 Å². The topological polar surface area (TPSA) is 65.3 Å². The van der Waals surface area contributed by atoms with E-state index in [1.807, 2.05) is 12.1 Å². The minimum atomic E-state index is -0.566. The summed E-state index contributed by atoms with van der Waals surface area (Å²) < 4.78 is 5.67. The van der Waals surface area contributed by atoms with Crippen LogP contribution in [0.2, 0.25) is 10.0 Å². The summed E-state index contributed by atoms with van der Waals surface area (Å²) in [5, 5.41) is 11.8. The van der Waals surface area contributed by atoms with Crippen molar-refractivity contribution in [2.24, 2.45) is 0 Å². The lowest BCUT2D eigenvalue weighted by molar-refractivity contribution is -0.384. The van der Waals surface area contributed by atoms with E-state index in [2.05, 4.69) is 4.98 Å². The summed E-state index contributed by atoms with van der Waals surface area (Å²) in [6.07, 6.45) is 1.70. The predicted octanol–water partition coefficient (Wildman–Crippen LogP) is 5.24. The summed E-state index contributed by atoms with van der Waals surface area (Å²) in [5.74, 6) is 0.690. The Balaban J connectivity index is 1.99. The third kappa shape index (κ3) is 2.81. The molecule has 0 saturated carbocycles. The number of fused-ring (bicyclic) bond motifs is 1. The van der Waals surface area contributed by atoms with E-state index in [9.17, 15) is 10.1 Å². The summed E-state index contributed by atoms with van der Waals surface area (Å²) in [6, 6.07) is 11.4. The van der Waals surface area contributed by atoms with Crippen LogP contribution >= 0.6 is 23.2 Å². The van der Waals surface area contributed by atoms with Gasteiger partial charge in [0.1, 0.15) is 5.75 Å². The Morgan fingerprint density at radius 3 is 2.50 bits per heavy atom. The molecule has 0 amide bonds. The van der Waals surface area contributed by atoms with Crippen LogP contribution in [0, 0.1) is 10.1 Å². The van der Waals surface area contributed by atoms with Crippen LogP contribution in [0.15, 0.2) is 48.7 Å². The molecule has 0 N–H and O–H groups in total. The summed E-state index contributed by atoms with van der Waals surface area (Å²) in [6.45, 7) is 0. The van der Waals surface area contributed by atoms with E-state index in [0.29, 0.717) is 5.75 Å². The van der Waals surface area contributed by atoms with Crippen LogP contribution in [-0.2, 0) is 0 Å². The van der Waals surface area contributed by atoms with E-state index >= 15 is 0 Å². The molecule has 3 aromatic rings. The van der Waals surface area contributed by atoms with Gasteiger partial charge in [0.05, 0.1) is 20.5 Å². The van der Waals surface area contributed by atoms with Crippen LogP contribution in [0.3, 0.4) is 0 Å². The molecule has 2 aromatic carbocycles. The molecular weight excluding hydrogens is 327 g/mol. The zero-order valence-corrected chi connectivity index (χ0v) is 12.5. The molecule has 110 valence electrons. The van der Waals surface area contributed by atoms with Gasteiger partial charge in [-0.1, -0.05) is 29.3 Å². The van der Waals surface area contributed by atoms with Gasteiger partial charge in [0.15, 0.2) is 5.75 Å². The second kappa shape index (κ2) is 5.79. The molecule has 7 heteroatoms. The predicted molar refractivity (Wildman–Crippen MR) is 84.9 cm³/mol. The van der Waals surface area contributed by atoms with E-state index in [-0.39, 0.29) is 21.5 Å². The van der Waals surface area contributed by atoms with Gasteiger partial charge in [0.2, 0.25) is 0 Å². The van der Waals surface area contributed by atoms with Crippen molar-refractivity contribution >= 4 is 39.8 Å². The van der Waals surface area contributed by atoms with Crippen molar-refractivity contribution in [1.82, 2.24) is 4.98 Å². The number of benzene rings is 2. The quantitative estimate of drug-likeness (QED) is 0.485. The SMILES string of the molecule is O=[N+]([O-])c1cc(Cl)c(Oc2ccc3ncccc3c2)c(Cl)c1. The molecule has 0 unspecified atom stereocenters. The molecule has 5 nitrogen and oxygen atoms in total. The van der Waals surface area contributed by atoms with Crippen molar-refractivity contribution in [2.45, 2.75) is 0 Å². The number of aromatic nitrogens is 1. The Bertz CT molecular complexity index is 861. The number of rotatable bonds is 3. The third-order valence-electron chi connectivity index (χ3n) is 2.99. The van der Waals surface area contributed by atoms with Gasteiger partial charge in [-0.3, -0.25) is 15.1 Å². The highest BCUT2D eigenvalue weighted by atomic mass is 35.5. The Kier molecular flexibility index (Phi) is 3.83. The maximum Gasteiger partial charge on any atom is 0.272 e. The normalized spacial score (nSPS) is 10.6. The van der Waals surface area contributed by atoms with Crippen LogP contribution in [-0.4, -0.2) is 9.91 Å². The molecule has 0 spiro atoms. The fourth-order valence-corrected chi connectivity index (χ4v) is 2.54. The lowest BCUT2D eigenvalue weighted by Gasteiger charge is -2.10. The van der Waals surface area contributed by atoms with Crippen molar-refractivity contribution in [2.75, 3.05) is 0 Å². The first kappa shape index (κ1) is 14.6. The number of hydrogen-bond acceptors (Lipinski definition) is 4. The molecule has 0 fully saturated rings. The number of pyridine rings is 1. The molecule has 0 atom stereocenters. The number of halogens is 2. The molecule has 0 radical (unpaired) electrons. The first-order valence-electron chi connectivity index (χ1n) is 6.20. The lowest BCUT2D eigenvalue weighted by Crippen LogP contribution is -1.91. The van der Waals surface area contributed by atoms with Gasteiger partial charge in [-0.05, 0) is 24.3 Å². The number of nitro groups is 1. The second-order valence-corrected chi connectivity index (χ2v) is 5.27. The van der Waals surface area contributed by atoms with Crippen molar-refractivity contribution in [3.8, 4) is 11.5 Å². The van der Waals surface area contributed by atoms with Gasteiger partial charge in [-0.15, -0.1) is 0 Å². The van der Waals surface area contributed by atoms with Crippen LogP contribution in [0.4, 0.5) is 5.69 Å². The Hall–Kier alpha value is -2.37. The van der Waals surface area contributed by atoms with Gasteiger partial charge < -0.3 is 4.74 Å². The standard InChI is InChI=1S/C15H8Cl2N2O3/c16-12-7-10(19(20)21)8-13(17)15(12)22-11-3-4-14-9(6-11)2-1-5-18-14/h1-8H. The third-order valence-corrected chi connectivity index (χ3v) is 3.55. The minimum absolute atomic E-state index is 0.0745. The molecule has 0 saturated heterocycles. The maximum atomic E-state index is 10.8. The molecule has 0 bridgehead atoms. The number of non-ortho nitro benzene ring substituents is 1. The zero-order valence-electron chi connectivity index (χ0n) is 11.0. The highest BCUT2D eigenvalue weighted by Crippen LogP contribution is 2.39. The number of hydrogen-bond donors (Lipinski definition) is 0. The molecular formula is C15H8Cl2N2O3. The highest BCUT2D eigenvalue weighted by molar-refractivity contribution is 6.37. The fourth-order valence-electron chi connectivity index (χ4n) is 1.98. The van der Waals surface area contributed by atoms with Gasteiger partial charge in [0, 0.05) is 23.7 Å². The molecule has 1 aromatic heterocycles. The summed E-state index contributed by atoms with van der Waals surface area (Å²) in [4.78, 5) is 14.4. The smallest absolute Gasteiger partial charge is 0.272 e. The maximum absolute atomic E-state index is 10.8. The molecule has 1 heterocycles. The lowest BCUT2D eigenvalue weighted by atomic mass is 10.2. The second-order valence-electron chi connectivity index (χ2n) is 4.46. The Morgan fingerprint density at radius 1 is 1.09 bits per heavy atom. The average molecular weight is 335 g/mol. The summed E-state index contributed by atoms with van der Waals surface area (Å²) >= 11 is 12.0. The van der Waals surface area contributed by atoms with Gasteiger partial charge in [-0.25, -0.2) is 0 Å². The van der Waals surface area contributed by atoms with E-state index < -0.39 is 4.92 Å². The Morgan fingerprint density at radius 2 is 1.82 bits per heavy atom. The van der Waals surface area contributed by atoms with Crippen molar-refractivity contribution in [3.63, 3.8) is 0 Å². The van der Waals surface area contributed by atoms with Gasteiger partial charge >= 0.3 is 0 Å². The van der Waals surface area contributed by atoms with Gasteiger partial charge in [-0.2, -0.15) is 0 Å². The van der Waals surface area contributed by atoms with Crippen LogP contribution < -0.4 is 4.74 Å². The minimum Gasteiger partial charge on any atom is -0.454 e. The molecule has 3 rings (SSSR count). The van der Waals surface area contributed by atoms with E-state index in [0.717, 1.165) is 10.9 Å². The van der Waals surface area contributed by atoms with E-state index in [1.54, 1.807) is 24.4 Å². The zero-order chi connectivity index (χ0) is 15.7. The van der Waals surface area contributed by atoms with E-state index in [1.165, 1.54) is 12.1 Å². The molecule has 0 aliphatic rings. The van der Waals surface area contributed by atoms with E-state index in [4.69, 9.17) is 27.9 Å². The van der Waals surface area contributed by atoms with Crippen LogP contribution in [0.1, 0.15) is 0 Å². The summed E-state index contributed by atoms with van der Waals surface area (Å²) in [5.41, 5.74) is 0.640. The van der Waals surface area contributed by atoms with Crippen molar-refractivity contribution < 1.29 is 9.66 Å². The molecule has 22 heavy (non-hydrogen) atoms. The van der Waals surface area contributed by atoms with Crippen LogP contribution in [0.5, 0.6) is 11.5 Å². The Labute approximate surface area is 135 Å². The van der Waals surface area contributed by atoms with Gasteiger partial charge in [0.25, 0.3) is 5.69 Å². The average Bonchev–Trinajstić information content (AvgIpc) is 2.50.